The number of aryl methyl sites for hydroxylation is 1. The quantitative estimate of drug-likeness (QED) is 0.627. The maximum Gasteiger partial charge on any atom is 0.123 e. The van der Waals surface area contributed by atoms with Crippen LogP contribution in [-0.4, -0.2) is 57.4 Å². The van der Waals surface area contributed by atoms with Gasteiger partial charge in [-0.05, 0) is 48.7 Å². The van der Waals surface area contributed by atoms with Crippen molar-refractivity contribution in [2.75, 3.05) is 26.2 Å². The van der Waals surface area contributed by atoms with E-state index in [1.165, 1.54) is 23.3 Å². The number of halogens is 1. The van der Waals surface area contributed by atoms with Crippen molar-refractivity contribution < 1.29 is 9.50 Å². The van der Waals surface area contributed by atoms with E-state index in [1.54, 1.807) is 12.1 Å². The third kappa shape index (κ3) is 4.78. The second kappa shape index (κ2) is 9.51. The van der Waals surface area contributed by atoms with Crippen LogP contribution in [0.5, 0.6) is 0 Å². The van der Waals surface area contributed by atoms with Crippen LogP contribution < -0.4 is 0 Å². The van der Waals surface area contributed by atoms with E-state index in [1.807, 2.05) is 6.20 Å². The predicted octanol–water partition coefficient (Wildman–Crippen LogP) is 3.59. The van der Waals surface area contributed by atoms with Gasteiger partial charge >= 0.3 is 0 Å². The fourth-order valence-electron chi connectivity index (χ4n) is 4.28. The first-order valence-electron chi connectivity index (χ1n) is 10.5. The van der Waals surface area contributed by atoms with E-state index < -0.39 is 0 Å². The Morgan fingerprint density at radius 2 is 1.87 bits per heavy atom. The maximum absolute atomic E-state index is 13.3. The fraction of sp³-hybridized carbons (Fsp3) is 0.375. The zero-order valence-electron chi connectivity index (χ0n) is 17.4. The summed E-state index contributed by atoms with van der Waals surface area (Å²) in [6, 6.07) is 15.3. The number of nitrogens with zero attached hydrogens (tertiary/aromatic N) is 3. The molecule has 0 radical (unpaired) electrons. The van der Waals surface area contributed by atoms with E-state index in [2.05, 4.69) is 51.2 Å². The molecule has 3 aromatic rings. The van der Waals surface area contributed by atoms with Crippen LogP contribution in [-0.2, 0) is 13.1 Å². The van der Waals surface area contributed by atoms with E-state index >= 15 is 0 Å². The summed E-state index contributed by atoms with van der Waals surface area (Å²) in [5.74, 6) is -0.239. The Kier molecular flexibility index (Phi) is 6.57. The number of hydrogen-bond donors (Lipinski definition) is 2. The standard InChI is InChI=1S/C24H29FN4O/c1-18-4-2-3-5-20(18)16-29-12-11-28(17-23(29)10-13-30)15-21-14-26-27-24(21)19-6-8-22(25)9-7-19/h2-9,14,23,30H,10-13,15-17H2,1H3,(H,26,27)/t23-/m0/s1. The summed E-state index contributed by atoms with van der Waals surface area (Å²) in [5, 5.41) is 16.9. The van der Waals surface area contributed by atoms with Crippen molar-refractivity contribution >= 4 is 0 Å². The topological polar surface area (TPSA) is 55.4 Å². The largest absolute Gasteiger partial charge is 0.396 e. The molecule has 0 aliphatic carbocycles. The minimum absolute atomic E-state index is 0.190. The molecule has 158 valence electrons. The lowest BCUT2D eigenvalue weighted by Gasteiger charge is -2.41. The van der Waals surface area contributed by atoms with Crippen LogP contribution in [0.4, 0.5) is 4.39 Å². The highest BCUT2D eigenvalue weighted by Crippen LogP contribution is 2.25. The lowest BCUT2D eigenvalue weighted by atomic mass is 10.0. The third-order valence-electron chi connectivity index (χ3n) is 6.03. The number of aromatic nitrogens is 2. The van der Waals surface area contributed by atoms with Crippen molar-refractivity contribution in [1.29, 1.82) is 0 Å². The fourth-order valence-corrected chi connectivity index (χ4v) is 4.28. The molecule has 30 heavy (non-hydrogen) atoms. The number of benzene rings is 2. The smallest absolute Gasteiger partial charge is 0.123 e. The molecule has 0 bridgehead atoms. The molecule has 0 spiro atoms. The summed E-state index contributed by atoms with van der Waals surface area (Å²) in [5.41, 5.74) is 5.65. The highest BCUT2D eigenvalue weighted by Gasteiger charge is 2.27. The van der Waals surface area contributed by atoms with Gasteiger partial charge in [-0.25, -0.2) is 4.39 Å². The molecule has 4 rings (SSSR count). The summed E-state index contributed by atoms with van der Waals surface area (Å²) in [7, 11) is 0. The molecule has 2 aromatic carbocycles. The van der Waals surface area contributed by atoms with Crippen molar-refractivity contribution in [3.63, 3.8) is 0 Å². The molecule has 2 N–H and O–H groups in total. The van der Waals surface area contributed by atoms with Gasteiger partial charge in [-0.2, -0.15) is 5.10 Å². The first-order valence-corrected chi connectivity index (χ1v) is 10.5. The number of aromatic amines is 1. The van der Waals surface area contributed by atoms with Gasteiger partial charge in [0, 0.05) is 56.5 Å². The Bertz CT molecular complexity index is 956. The van der Waals surface area contributed by atoms with E-state index in [9.17, 15) is 9.50 Å². The van der Waals surface area contributed by atoms with Crippen LogP contribution in [0, 0.1) is 12.7 Å². The van der Waals surface area contributed by atoms with E-state index in [0.29, 0.717) is 6.04 Å². The molecule has 0 amide bonds. The van der Waals surface area contributed by atoms with Gasteiger partial charge in [-0.1, -0.05) is 24.3 Å². The highest BCUT2D eigenvalue weighted by molar-refractivity contribution is 5.62. The minimum Gasteiger partial charge on any atom is -0.396 e. The molecule has 1 aliphatic rings. The van der Waals surface area contributed by atoms with Gasteiger partial charge in [0.2, 0.25) is 0 Å². The third-order valence-corrected chi connectivity index (χ3v) is 6.03. The molecule has 1 aliphatic heterocycles. The van der Waals surface area contributed by atoms with Gasteiger partial charge in [-0.15, -0.1) is 0 Å². The second-order valence-electron chi connectivity index (χ2n) is 8.08. The van der Waals surface area contributed by atoms with Gasteiger partial charge < -0.3 is 5.11 Å². The van der Waals surface area contributed by atoms with Crippen LogP contribution in [0.3, 0.4) is 0 Å². The summed E-state index contributed by atoms with van der Waals surface area (Å²) < 4.78 is 13.3. The zero-order valence-corrected chi connectivity index (χ0v) is 17.4. The Hall–Kier alpha value is -2.54. The lowest BCUT2D eigenvalue weighted by molar-refractivity contribution is 0.0499. The summed E-state index contributed by atoms with van der Waals surface area (Å²) >= 11 is 0. The van der Waals surface area contributed by atoms with Gasteiger partial charge in [0.1, 0.15) is 5.82 Å². The highest BCUT2D eigenvalue weighted by atomic mass is 19.1. The monoisotopic (exact) mass is 408 g/mol. The van der Waals surface area contributed by atoms with E-state index in [-0.39, 0.29) is 12.4 Å². The number of rotatable bonds is 7. The number of aliphatic hydroxyl groups excluding tert-OH is 1. The molecule has 1 atom stereocenters. The summed E-state index contributed by atoms with van der Waals surface area (Å²) in [6.45, 7) is 6.87. The molecule has 0 saturated carbocycles. The van der Waals surface area contributed by atoms with Gasteiger partial charge in [0.25, 0.3) is 0 Å². The van der Waals surface area contributed by atoms with Crippen molar-refractivity contribution in [2.45, 2.75) is 32.5 Å². The molecule has 1 fully saturated rings. The first-order chi connectivity index (χ1) is 14.6. The predicted molar refractivity (Wildman–Crippen MR) is 116 cm³/mol. The maximum atomic E-state index is 13.3. The van der Waals surface area contributed by atoms with Crippen molar-refractivity contribution in [3.05, 3.63) is 77.2 Å². The molecule has 2 heterocycles. The normalized spacial score (nSPS) is 18.0. The molecular weight excluding hydrogens is 379 g/mol. The molecule has 5 nitrogen and oxygen atoms in total. The van der Waals surface area contributed by atoms with Gasteiger partial charge in [0.15, 0.2) is 0 Å². The molecule has 1 saturated heterocycles. The number of aliphatic hydroxyl groups is 1. The Morgan fingerprint density at radius 1 is 1.07 bits per heavy atom. The van der Waals surface area contributed by atoms with Gasteiger partial charge in [0.05, 0.1) is 11.9 Å². The van der Waals surface area contributed by atoms with E-state index in [4.69, 9.17) is 0 Å². The van der Waals surface area contributed by atoms with Crippen LogP contribution in [0.25, 0.3) is 11.3 Å². The second-order valence-corrected chi connectivity index (χ2v) is 8.08. The molecule has 1 aromatic heterocycles. The number of nitrogens with one attached hydrogen (secondary N) is 1. The van der Waals surface area contributed by atoms with Crippen LogP contribution in [0.1, 0.15) is 23.1 Å². The Morgan fingerprint density at radius 3 is 2.63 bits per heavy atom. The van der Waals surface area contributed by atoms with Crippen LogP contribution in [0.15, 0.2) is 54.7 Å². The van der Waals surface area contributed by atoms with Crippen molar-refractivity contribution in [2.24, 2.45) is 0 Å². The summed E-state index contributed by atoms with van der Waals surface area (Å²) in [4.78, 5) is 4.91. The Balaban J connectivity index is 1.44. The molecule has 6 heteroatoms. The SMILES string of the molecule is Cc1ccccc1CN1CCN(Cc2cn[nH]c2-c2ccc(F)cc2)C[C@@H]1CCO. The van der Waals surface area contributed by atoms with Crippen molar-refractivity contribution in [1.82, 2.24) is 20.0 Å². The van der Waals surface area contributed by atoms with Crippen molar-refractivity contribution in [3.8, 4) is 11.3 Å². The Labute approximate surface area is 177 Å². The van der Waals surface area contributed by atoms with Gasteiger partial charge in [-0.3, -0.25) is 14.9 Å². The van der Waals surface area contributed by atoms with E-state index in [0.717, 1.165) is 56.0 Å². The van der Waals surface area contributed by atoms with Crippen LogP contribution in [0.2, 0.25) is 0 Å². The minimum atomic E-state index is -0.239. The average molecular weight is 409 g/mol. The average Bonchev–Trinajstić information content (AvgIpc) is 3.20. The number of piperazine rings is 1. The lowest BCUT2D eigenvalue weighted by Crippen LogP contribution is -2.52. The zero-order chi connectivity index (χ0) is 20.9. The number of H-pyrrole nitrogens is 1. The molecular formula is C24H29FN4O. The van der Waals surface area contributed by atoms with Crippen LogP contribution >= 0.6 is 0 Å². The summed E-state index contributed by atoms with van der Waals surface area (Å²) in [6.07, 6.45) is 2.62. The number of hydrogen-bond acceptors (Lipinski definition) is 4. The molecule has 0 unspecified atom stereocenters. The first kappa shape index (κ1) is 20.7.